The second-order valence-electron chi connectivity index (χ2n) is 8.00. The van der Waals surface area contributed by atoms with Gasteiger partial charge in [-0.05, 0) is 43.7 Å². The van der Waals surface area contributed by atoms with Crippen LogP contribution in [-0.2, 0) is 14.3 Å². The van der Waals surface area contributed by atoms with Gasteiger partial charge in [-0.15, -0.1) is 0 Å². The van der Waals surface area contributed by atoms with E-state index in [0.717, 1.165) is 16.9 Å². The van der Waals surface area contributed by atoms with Crippen LogP contribution in [0.4, 0.5) is 5.13 Å². The molecule has 0 saturated carbocycles. The maximum Gasteiger partial charge on any atom is 0.350 e. The van der Waals surface area contributed by atoms with Crippen molar-refractivity contribution in [3.63, 3.8) is 0 Å². The summed E-state index contributed by atoms with van der Waals surface area (Å²) >= 11 is 0.930. The molecule has 0 spiro atoms. The zero-order valence-electron chi connectivity index (χ0n) is 20.3. The molecular formula is C26H24N2O7S. The molecule has 1 atom stereocenters. The highest BCUT2D eigenvalue weighted by Gasteiger charge is 2.49. The molecule has 1 aromatic heterocycles. The van der Waals surface area contributed by atoms with Crippen molar-refractivity contribution >= 4 is 39.9 Å². The van der Waals surface area contributed by atoms with E-state index < -0.39 is 23.7 Å². The molecule has 1 aliphatic rings. The zero-order chi connectivity index (χ0) is 26.1. The van der Waals surface area contributed by atoms with E-state index in [1.54, 1.807) is 56.3 Å². The van der Waals surface area contributed by atoms with Crippen molar-refractivity contribution in [3.8, 4) is 11.5 Å². The quantitative estimate of drug-likeness (QED) is 0.228. The van der Waals surface area contributed by atoms with Gasteiger partial charge in [0.1, 0.15) is 28.2 Å². The van der Waals surface area contributed by atoms with E-state index in [0.29, 0.717) is 28.3 Å². The van der Waals surface area contributed by atoms with Crippen LogP contribution >= 0.6 is 11.3 Å². The molecule has 0 aliphatic carbocycles. The predicted octanol–water partition coefficient (Wildman–Crippen LogP) is 4.19. The number of aryl methyl sites for hydroxylation is 2. The molecule has 1 aliphatic heterocycles. The number of hydrogen-bond acceptors (Lipinski definition) is 9. The van der Waals surface area contributed by atoms with Gasteiger partial charge < -0.3 is 19.3 Å². The normalized spacial score (nSPS) is 16.8. The smallest absolute Gasteiger partial charge is 0.350 e. The van der Waals surface area contributed by atoms with Gasteiger partial charge in [-0.25, -0.2) is 9.78 Å². The van der Waals surface area contributed by atoms with Gasteiger partial charge in [-0.1, -0.05) is 29.5 Å². The molecule has 1 unspecified atom stereocenters. The van der Waals surface area contributed by atoms with Crippen LogP contribution in [0.2, 0.25) is 0 Å². The Labute approximate surface area is 211 Å². The highest BCUT2D eigenvalue weighted by atomic mass is 32.1. The topological polar surface area (TPSA) is 115 Å². The largest absolute Gasteiger partial charge is 0.507 e. The maximum atomic E-state index is 13.4. The summed E-state index contributed by atoms with van der Waals surface area (Å²) in [6, 6.07) is 10.8. The fourth-order valence-electron chi connectivity index (χ4n) is 4.16. The molecule has 0 bridgehead atoms. The number of ketones is 1. The Morgan fingerprint density at radius 1 is 1.03 bits per heavy atom. The number of hydrogen-bond donors (Lipinski definition) is 1. The summed E-state index contributed by atoms with van der Waals surface area (Å²) in [5, 5.41) is 11.5. The van der Waals surface area contributed by atoms with E-state index in [9.17, 15) is 19.5 Å². The highest BCUT2D eigenvalue weighted by Crippen LogP contribution is 2.46. The van der Waals surface area contributed by atoms with Crippen molar-refractivity contribution in [1.82, 2.24) is 4.98 Å². The third-order valence-corrected chi connectivity index (χ3v) is 7.05. The Kier molecular flexibility index (Phi) is 6.80. The molecule has 36 heavy (non-hydrogen) atoms. The van der Waals surface area contributed by atoms with Gasteiger partial charge in [-0.3, -0.25) is 14.5 Å². The second-order valence-corrected chi connectivity index (χ2v) is 8.98. The van der Waals surface area contributed by atoms with Gasteiger partial charge in [0.15, 0.2) is 5.13 Å². The molecule has 9 nitrogen and oxygen atoms in total. The average molecular weight is 509 g/mol. The van der Waals surface area contributed by atoms with Crippen LogP contribution in [0, 0.1) is 13.8 Å². The number of esters is 1. The molecule has 1 amide bonds. The Morgan fingerprint density at radius 2 is 1.72 bits per heavy atom. The number of carbonyl (C=O) groups is 3. The van der Waals surface area contributed by atoms with Crippen LogP contribution in [0.3, 0.4) is 0 Å². The van der Waals surface area contributed by atoms with Crippen LogP contribution in [0.25, 0.3) is 5.76 Å². The van der Waals surface area contributed by atoms with Crippen LogP contribution < -0.4 is 14.4 Å². The van der Waals surface area contributed by atoms with E-state index in [-0.39, 0.29) is 21.3 Å². The van der Waals surface area contributed by atoms with Crippen molar-refractivity contribution in [3.05, 3.63) is 75.3 Å². The van der Waals surface area contributed by atoms with Gasteiger partial charge in [-0.2, -0.15) is 0 Å². The third-order valence-electron chi connectivity index (χ3n) is 5.91. The fourth-order valence-corrected chi connectivity index (χ4v) is 5.18. The molecule has 0 radical (unpaired) electrons. The van der Waals surface area contributed by atoms with Crippen molar-refractivity contribution in [1.29, 1.82) is 0 Å². The number of ether oxygens (including phenoxy) is 3. The van der Waals surface area contributed by atoms with E-state index in [2.05, 4.69) is 4.98 Å². The molecular weight excluding hydrogens is 484 g/mol. The summed E-state index contributed by atoms with van der Waals surface area (Å²) < 4.78 is 15.6. The fraction of sp³-hybridized carbons (Fsp3) is 0.231. The minimum absolute atomic E-state index is 0.121. The average Bonchev–Trinajstić information content (AvgIpc) is 3.39. The Bertz CT molecular complexity index is 1410. The predicted molar refractivity (Wildman–Crippen MR) is 134 cm³/mol. The molecule has 186 valence electrons. The van der Waals surface area contributed by atoms with Gasteiger partial charge in [0, 0.05) is 11.1 Å². The standard InChI is InChI=1S/C26H24N2O7S/c1-13-12-15(10-11-17(13)33-3)21(29)19-20(16-8-6-7-9-18(16)34-4)28(24(31)22(19)30)26-27-14(2)23(36-26)25(32)35-5/h6-12,20,29H,1-5H3/b21-19+. The van der Waals surface area contributed by atoms with Crippen LogP contribution in [0.1, 0.15) is 38.1 Å². The molecule has 1 saturated heterocycles. The zero-order valence-corrected chi connectivity index (χ0v) is 21.1. The number of Topliss-reactive ketones (excluding diaryl/α,β-unsaturated/α-hetero) is 1. The summed E-state index contributed by atoms with van der Waals surface area (Å²) in [4.78, 5) is 44.8. The number of aliphatic hydroxyl groups is 1. The lowest BCUT2D eigenvalue weighted by Gasteiger charge is -2.24. The number of anilines is 1. The van der Waals surface area contributed by atoms with Crippen molar-refractivity contribution in [2.24, 2.45) is 0 Å². The first-order valence-electron chi connectivity index (χ1n) is 10.9. The highest BCUT2D eigenvalue weighted by molar-refractivity contribution is 7.17. The van der Waals surface area contributed by atoms with Crippen molar-refractivity contribution in [2.75, 3.05) is 26.2 Å². The first-order valence-corrected chi connectivity index (χ1v) is 11.7. The number of para-hydroxylation sites is 1. The molecule has 2 aromatic carbocycles. The number of methoxy groups -OCH3 is 3. The number of carbonyl (C=O) groups excluding carboxylic acids is 3. The number of aromatic nitrogens is 1. The first-order chi connectivity index (χ1) is 17.2. The first kappa shape index (κ1) is 24.9. The van der Waals surface area contributed by atoms with Gasteiger partial charge in [0.2, 0.25) is 0 Å². The van der Waals surface area contributed by atoms with Crippen LogP contribution in [-0.4, -0.2) is 49.1 Å². The Morgan fingerprint density at radius 3 is 2.36 bits per heavy atom. The summed E-state index contributed by atoms with van der Waals surface area (Å²) in [7, 11) is 4.26. The van der Waals surface area contributed by atoms with E-state index in [1.165, 1.54) is 26.2 Å². The second kappa shape index (κ2) is 9.82. The number of nitrogens with zero attached hydrogens (tertiary/aromatic N) is 2. The molecule has 4 rings (SSSR count). The van der Waals surface area contributed by atoms with E-state index >= 15 is 0 Å². The SMILES string of the molecule is COC(=O)c1sc(N2C(=O)C(=O)/C(=C(/O)c3ccc(OC)c(C)c3)C2c2ccccc2OC)nc1C. The number of thiazole rings is 1. The molecule has 2 heterocycles. The summed E-state index contributed by atoms with van der Waals surface area (Å²) in [6.45, 7) is 3.42. The molecule has 3 aromatic rings. The third kappa shape index (κ3) is 4.09. The lowest BCUT2D eigenvalue weighted by molar-refractivity contribution is -0.132. The maximum absolute atomic E-state index is 13.4. The molecule has 1 fully saturated rings. The number of benzene rings is 2. The minimum atomic E-state index is -1.06. The lowest BCUT2D eigenvalue weighted by atomic mass is 9.94. The van der Waals surface area contributed by atoms with Gasteiger partial charge in [0.25, 0.3) is 5.78 Å². The number of rotatable bonds is 6. The number of amides is 1. The van der Waals surface area contributed by atoms with Crippen molar-refractivity contribution in [2.45, 2.75) is 19.9 Å². The van der Waals surface area contributed by atoms with Crippen LogP contribution in [0.15, 0.2) is 48.0 Å². The Hall–Kier alpha value is -4.18. The summed E-state index contributed by atoms with van der Waals surface area (Å²) in [5.41, 5.74) is 1.79. The van der Waals surface area contributed by atoms with E-state index in [1.807, 2.05) is 0 Å². The summed E-state index contributed by atoms with van der Waals surface area (Å²) in [6.07, 6.45) is 0. The number of aliphatic hydroxyl groups excluding tert-OH is 1. The minimum Gasteiger partial charge on any atom is -0.507 e. The Balaban J connectivity index is 1.97. The summed E-state index contributed by atoms with van der Waals surface area (Å²) in [5.74, 6) is -1.70. The van der Waals surface area contributed by atoms with Crippen LogP contribution in [0.5, 0.6) is 11.5 Å². The van der Waals surface area contributed by atoms with Gasteiger partial charge >= 0.3 is 11.9 Å². The monoisotopic (exact) mass is 508 g/mol. The van der Waals surface area contributed by atoms with E-state index in [4.69, 9.17) is 14.2 Å². The van der Waals surface area contributed by atoms with Crippen molar-refractivity contribution < 1.29 is 33.7 Å². The lowest BCUT2D eigenvalue weighted by Crippen LogP contribution is -2.29. The molecule has 10 heteroatoms. The van der Waals surface area contributed by atoms with Gasteiger partial charge in [0.05, 0.1) is 32.6 Å². The molecule has 1 N–H and O–H groups in total.